The van der Waals surface area contributed by atoms with Gasteiger partial charge in [-0.1, -0.05) is 19.3 Å². The van der Waals surface area contributed by atoms with Gasteiger partial charge in [0.05, 0.1) is 0 Å². The predicted molar refractivity (Wildman–Crippen MR) is 80.7 cm³/mol. The second-order valence-corrected chi connectivity index (χ2v) is 6.37. The summed E-state index contributed by atoms with van der Waals surface area (Å²) in [6.07, 6.45) is 9.36. The molecule has 0 radical (unpaired) electrons. The summed E-state index contributed by atoms with van der Waals surface area (Å²) in [6, 6.07) is 0.360. The second-order valence-electron chi connectivity index (χ2n) is 5.97. The maximum absolute atomic E-state index is 5.18. The standard InChI is InChI=1S/C14H25N3S/c1-10(2)15-14(18)17-16-13-8-7-11-5-3-4-6-12(11)9-13/h10-12H,3-9H2,1-2H3,(H2,15,17,18)/b16-13-/t11-,12+/m0/s1. The monoisotopic (exact) mass is 267 g/mol. The average molecular weight is 267 g/mol. The van der Waals surface area contributed by atoms with Crippen molar-refractivity contribution in [1.29, 1.82) is 0 Å². The van der Waals surface area contributed by atoms with Gasteiger partial charge in [0.2, 0.25) is 0 Å². The molecule has 2 rings (SSSR count). The number of hydrazone groups is 1. The van der Waals surface area contributed by atoms with Crippen LogP contribution in [0.1, 0.15) is 58.8 Å². The first-order chi connectivity index (χ1) is 8.65. The Labute approximate surface area is 116 Å². The Kier molecular flexibility index (Phi) is 4.98. The molecule has 102 valence electrons. The van der Waals surface area contributed by atoms with Gasteiger partial charge in [-0.25, -0.2) is 0 Å². The van der Waals surface area contributed by atoms with E-state index in [1.807, 2.05) is 0 Å². The summed E-state index contributed by atoms with van der Waals surface area (Å²) in [7, 11) is 0. The van der Waals surface area contributed by atoms with Crippen molar-refractivity contribution >= 4 is 23.0 Å². The number of fused-ring (bicyclic) bond motifs is 1. The van der Waals surface area contributed by atoms with Crippen LogP contribution in [0.5, 0.6) is 0 Å². The smallest absolute Gasteiger partial charge is 0.187 e. The highest BCUT2D eigenvalue weighted by Crippen LogP contribution is 2.39. The molecule has 0 aromatic rings. The SMILES string of the molecule is CC(C)NC(=S)N/N=C1/CC[C@@H]2CCCC[C@@H]2C1. The van der Waals surface area contributed by atoms with Crippen molar-refractivity contribution in [2.45, 2.75) is 64.8 Å². The third-order valence-corrected chi connectivity index (χ3v) is 4.31. The van der Waals surface area contributed by atoms with Crippen LogP contribution in [0.4, 0.5) is 0 Å². The van der Waals surface area contributed by atoms with Crippen molar-refractivity contribution in [1.82, 2.24) is 10.7 Å². The Morgan fingerprint density at radius 2 is 1.94 bits per heavy atom. The summed E-state index contributed by atoms with van der Waals surface area (Å²) in [4.78, 5) is 0. The average Bonchev–Trinajstić information content (AvgIpc) is 2.35. The van der Waals surface area contributed by atoms with Gasteiger partial charge in [-0.2, -0.15) is 5.10 Å². The summed E-state index contributed by atoms with van der Waals surface area (Å²) in [5.41, 5.74) is 4.30. The van der Waals surface area contributed by atoms with Crippen LogP contribution < -0.4 is 10.7 Å². The van der Waals surface area contributed by atoms with Gasteiger partial charge in [-0.05, 0) is 63.6 Å². The zero-order chi connectivity index (χ0) is 13.0. The third kappa shape index (κ3) is 3.94. The molecule has 2 fully saturated rings. The largest absolute Gasteiger partial charge is 0.359 e. The second kappa shape index (κ2) is 6.50. The van der Waals surface area contributed by atoms with E-state index in [2.05, 4.69) is 29.7 Å². The van der Waals surface area contributed by atoms with E-state index in [-0.39, 0.29) is 0 Å². The molecule has 2 saturated carbocycles. The molecule has 2 atom stereocenters. The minimum atomic E-state index is 0.360. The summed E-state index contributed by atoms with van der Waals surface area (Å²) < 4.78 is 0. The van der Waals surface area contributed by atoms with Gasteiger partial charge in [0.25, 0.3) is 0 Å². The lowest BCUT2D eigenvalue weighted by Crippen LogP contribution is -2.37. The molecule has 3 nitrogen and oxygen atoms in total. The van der Waals surface area contributed by atoms with E-state index in [4.69, 9.17) is 12.2 Å². The highest BCUT2D eigenvalue weighted by Gasteiger charge is 2.30. The van der Waals surface area contributed by atoms with E-state index >= 15 is 0 Å². The fourth-order valence-electron chi connectivity index (χ4n) is 3.22. The summed E-state index contributed by atoms with van der Waals surface area (Å²) >= 11 is 5.18. The fraction of sp³-hybridized carbons (Fsp3) is 0.857. The van der Waals surface area contributed by atoms with Crippen LogP contribution in [0.25, 0.3) is 0 Å². The zero-order valence-electron chi connectivity index (χ0n) is 11.5. The summed E-state index contributed by atoms with van der Waals surface area (Å²) in [5, 5.41) is 8.28. The summed E-state index contributed by atoms with van der Waals surface area (Å²) in [6.45, 7) is 4.16. The number of hydrogen-bond donors (Lipinski definition) is 2. The zero-order valence-corrected chi connectivity index (χ0v) is 12.4. The quantitative estimate of drug-likeness (QED) is 0.596. The maximum Gasteiger partial charge on any atom is 0.187 e. The van der Waals surface area contributed by atoms with Gasteiger partial charge in [0, 0.05) is 11.8 Å². The minimum Gasteiger partial charge on any atom is -0.359 e. The van der Waals surface area contributed by atoms with Gasteiger partial charge < -0.3 is 5.32 Å². The lowest BCUT2D eigenvalue weighted by Gasteiger charge is -2.35. The Balaban J connectivity index is 1.81. The van der Waals surface area contributed by atoms with E-state index in [9.17, 15) is 0 Å². The number of hydrogen-bond acceptors (Lipinski definition) is 2. The molecular weight excluding hydrogens is 242 g/mol. The molecule has 2 aliphatic rings. The van der Waals surface area contributed by atoms with Crippen LogP contribution in [0.3, 0.4) is 0 Å². The first-order valence-corrected chi connectivity index (χ1v) is 7.68. The van der Waals surface area contributed by atoms with Crippen molar-refractivity contribution in [3.63, 3.8) is 0 Å². The molecule has 0 bridgehead atoms. The Bertz CT molecular complexity index is 325. The van der Waals surface area contributed by atoms with Crippen LogP contribution in [0.2, 0.25) is 0 Å². The molecule has 0 aromatic carbocycles. The first kappa shape index (κ1) is 13.8. The number of nitrogens with one attached hydrogen (secondary N) is 2. The molecular formula is C14H25N3S. The third-order valence-electron chi connectivity index (χ3n) is 4.10. The van der Waals surface area contributed by atoms with Gasteiger partial charge in [-0.15, -0.1) is 0 Å². The van der Waals surface area contributed by atoms with Crippen LogP contribution >= 0.6 is 12.2 Å². The lowest BCUT2D eigenvalue weighted by atomic mass is 9.70. The number of nitrogens with zero attached hydrogens (tertiary/aromatic N) is 1. The van der Waals surface area contributed by atoms with Crippen molar-refractivity contribution in [3.8, 4) is 0 Å². The number of thiocarbonyl (C=S) groups is 1. The van der Waals surface area contributed by atoms with Crippen LogP contribution in [0.15, 0.2) is 5.10 Å². The Hall–Kier alpha value is -0.640. The topological polar surface area (TPSA) is 36.4 Å². The van der Waals surface area contributed by atoms with E-state index in [0.717, 1.165) is 18.3 Å². The molecule has 0 aliphatic heterocycles. The molecule has 0 aromatic heterocycles. The van der Waals surface area contributed by atoms with Gasteiger partial charge in [-0.3, -0.25) is 5.43 Å². The summed E-state index contributed by atoms with van der Waals surface area (Å²) in [5.74, 6) is 1.86. The molecule has 4 heteroatoms. The van der Waals surface area contributed by atoms with E-state index < -0.39 is 0 Å². The van der Waals surface area contributed by atoms with Gasteiger partial charge in [0.1, 0.15) is 0 Å². The van der Waals surface area contributed by atoms with Crippen molar-refractivity contribution in [3.05, 3.63) is 0 Å². The minimum absolute atomic E-state index is 0.360. The van der Waals surface area contributed by atoms with E-state index in [1.54, 1.807) is 0 Å². The number of rotatable bonds is 2. The normalized spacial score (nSPS) is 30.1. The molecule has 0 heterocycles. The van der Waals surface area contributed by atoms with Crippen molar-refractivity contribution in [2.75, 3.05) is 0 Å². The van der Waals surface area contributed by atoms with Gasteiger partial charge >= 0.3 is 0 Å². The Morgan fingerprint density at radius 3 is 2.67 bits per heavy atom. The highest BCUT2D eigenvalue weighted by atomic mass is 32.1. The fourth-order valence-corrected chi connectivity index (χ4v) is 3.50. The van der Waals surface area contributed by atoms with Gasteiger partial charge in [0.15, 0.2) is 5.11 Å². The molecule has 0 amide bonds. The first-order valence-electron chi connectivity index (χ1n) is 7.27. The Morgan fingerprint density at radius 1 is 1.22 bits per heavy atom. The van der Waals surface area contributed by atoms with E-state index in [0.29, 0.717) is 11.2 Å². The molecule has 18 heavy (non-hydrogen) atoms. The maximum atomic E-state index is 5.18. The lowest BCUT2D eigenvalue weighted by molar-refractivity contribution is 0.218. The molecule has 0 saturated heterocycles. The highest BCUT2D eigenvalue weighted by molar-refractivity contribution is 7.80. The van der Waals surface area contributed by atoms with Crippen LogP contribution in [-0.2, 0) is 0 Å². The molecule has 2 aliphatic carbocycles. The van der Waals surface area contributed by atoms with E-state index in [1.165, 1.54) is 44.2 Å². The van der Waals surface area contributed by atoms with Crippen LogP contribution in [0, 0.1) is 11.8 Å². The van der Waals surface area contributed by atoms with Crippen molar-refractivity contribution < 1.29 is 0 Å². The predicted octanol–water partition coefficient (Wildman–Crippen LogP) is 3.21. The molecule has 0 spiro atoms. The van der Waals surface area contributed by atoms with Crippen molar-refractivity contribution in [2.24, 2.45) is 16.9 Å². The van der Waals surface area contributed by atoms with Crippen LogP contribution in [-0.4, -0.2) is 16.9 Å². The molecule has 0 unspecified atom stereocenters. The molecule has 2 N–H and O–H groups in total.